The Morgan fingerprint density at radius 2 is 0.735 bits per heavy atom. The van der Waals surface area contributed by atoms with Crippen molar-refractivity contribution in [3.8, 4) is 0 Å². The Labute approximate surface area is 515 Å². The number of unbranched alkanes of at least 4 members (excludes halogenated alkanes) is 41. The van der Waals surface area contributed by atoms with Gasteiger partial charge < -0.3 is 19.4 Å². The second kappa shape index (κ2) is 62.8. The van der Waals surface area contributed by atoms with Gasteiger partial charge in [0.1, 0.15) is 19.3 Å². The van der Waals surface area contributed by atoms with Crippen LogP contribution >= 0.6 is 7.82 Å². The van der Waals surface area contributed by atoms with Crippen molar-refractivity contribution >= 4 is 19.7 Å². The Bertz CT molecular complexity index is 1600. The second-order valence-electron chi connectivity index (χ2n) is 25.4. The molecule has 0 aliphatic carbocycles. The van der Waals surface area contributed by atoms with Crippen LogP contribution in [0.1, 0.15) is 342 Å². The summed E-state index contributed by atoms with van der Waals surface area (Å²) in [6.45, 7) is 7.02. The van der Waals surface area contributed by atoms with Gasteiger partial charge in [0.25, 0.3) is 0 Å². The first-order valence-corrected chi connectivity index (χ1v) is 37.1. The highest BCUT2D eigenvalue weighted by molar-refractivity contribution is 7.47. The zero-order valence-corrected chi connectivity index (χ0v) is 56.6. The standard InChI is InChI=1S/C73H137N2O7P/c1-7-10-13-16-19-22-25-28-30-32-33-34-35-36-37-38-39-40-41-43-44-47-50-53-56-59-62-65-72(76)74-70(69-81-83(78,79)80-68-67-75(4,5)6)71(64-61-58-55-52-49-46-27-24-21-18-15-12-9-3)82-73(77)66-63-60-57-54-51-48-45-42-31-29-26-23-20-17-14-11-8-2/h19,22,28-31,33-34,61,64,70-71H,7-18,20-21,23-27,32,35-60,62-63,65-69H2,1-6H3,(H-,74,76,78,79)/p+1/b22-19-,30-28-,31-29+,34-33-,64-61-. The van der Waals surface area contributed by atoms with E-state index in [1.54, 1.807) is 0 Å². The number of nitrogens with zero attached hydrogens (tertiary/aromatic N) is 1. The highest BCUT2D eigenvalue weighted by atomic mass is 31.2. The molecule has 1 amide bonds. The zero-order chi connectivity index (χ0) is 60.7. The molecular weight excluding hydrogens is 1050 g/mol. The van der Waals surface area contributed by atoms with E-state index in [0.29, 0.717) is 17.4 Å². The summed E-state index contributed by atoms with van der Waals surface area (Å²) < 4.78 is 30.8. The number of carbonyl (C=O) groups is 2. The van der Waals surface area contributed by atoms with Crippen molar-refractivity contribution in [2.75, 3.05) is 40.9 Å². The van der Waals surface area contributed by atoms with Crippen LogP contribution in [0.5, 0.6) is 0 Å². The van der Waals surface area contributed by atoms with Crippen molar-refractivity contribution in [3.63, 3.8) is 0 Å². The third-order valence-electron chi connectivity index (χ3n) is 15.9. The van der Waals surface area contributed by atoms with Gasteiger partial charge in [0.15, 0.2) is 0 Å². The van der Waals surface area contributed by atoms with Crippen LogP contribution in [0.4, 0.5) is 0 Å². The van der Waals surface area contributed by atoms with Crippen molar-refractivity contribution in [1.29, 1.82) is 0 Å². The molecule has 0 rings (SSSR count). The van der Waals surface area contributed by atoms with Gasteiger partial charge in [-0.2, -0.15) is 0 Å². The van der Waals surface area contributed by atoms with Crippen LogP contribution in [0, 0.1) is 0 Å². The molecule has 0 heterocycles. The molecule has 0 aromatic carbocycles. The van der Waals surface area contributed by atoms with Crippen LogP contribution in [0.25, 0.3) is 0 Å². The predicted octanol–water partition coefficient (Wildman–Crippen LogP) is 22.6. The maximum atomic E-state index is 13.6. The molecule has 0 aromatic heterocycles. The molecule has 2 N–H and O–H groups in total. The summed E-state index contributed by atoms with van der Waals surface area (Å²) in [5.41, 5.74) is 0. The van der Waals surface area contributed by atoms with Crippen molar-refractivity contribution in [2.45, 2.75) is 354 Å². The normalized spacial score (nSPS) is 13.9. The summed E-state index contributed by atoms with van der Waals surface area (Å²) in [6.07, 6.45) is 80.8. The van der Waals surface area contributed by atoms with E-state index in [1.165, 1.54) is 238 Å². The number of hydrogen-bond donors (Lipinski definition) is 2. The number of allylic oxidation sites excluding steroid dienone is 9. The van der Waals surface area contributed by atoms with Crippen LogP contribution in [-0.4, -0.2) is 74.3 Å². The molecule has 0 aliphatic rings. The van der Waals surface area contributed by atoms with Crippen LogP contribution in [-0.2, 0) is 27.9 Å². The minimum Gasteiger partial charge on any atom is -0.456 e. The highest BCUT2D eigenvalue weighted by Crippen LogP contribution is 2.43. The SMILES string of the molecule is CCCCC/C=C\C/C=C\C/C=C\CCCCCCCCCCCCCCCCC(=O)NC(COP(=O)(O)OCC[N+](C)(C)C)C(/C=C\CCCCCCCCCCCCC)OC(=O)CCCCCCCCC/C=C/CCCCCCCC. The number of ether oxygens (including phenoxy) is 1. The fourth-order valence-electron chi connectivity index (χ4n) is 10.4. The molecular formula is C73H138N2O7P+. The quantitative estimate of drug-likeness (QED) is 0.0205. The van der Waals surface area contributed by atoms with E-state index in [1.807, 2.05) is 33.3 Å². The van der Waals surface area contributed by atoms with Gasteiger partial charge >= 0.3 is 13.8 Å². The minimum atomic E-state index is -4.45. The second-order valence-corrected chi connectivity index (χ2v) is 26.9. The van der Waals surface area contributed by atoms with E-state index < -0.39 is 20.0 Å². The number of phosphoric ester groups is 1. The number of carbonyl (C=O) groups excluding carboxylic acids is 2. The Morgan fingerprint density at radius 3 is 1.13 bits per heavy atom. The lowest BCUT2D eigenvalue weighted by atomic mass is 10.0. The van der Waals surface area contributed by atoms with Crippen LogP contribution < -0.4 is 5.32 Å². The Kier molecular flexibility index (Phi) is 61.0. The number of rotatable bonds is 65. The number of esters is 1. The molecule has 0 radical (unpaired) electrons. The lowest BCUT2D eigenvalue weighted by molar-refractivity contribution is -0.870. The van der Waals surface area contributed by atoms with Crippen molar-refractivity contribution in [2.24, 2.45) is 0 Å². The predicted molar refractivity (Wildman–Crippen MR) is 360 cm³/mol. The number of hydrogen-bond acceptors (Lipinski definition) is 6. The van der Waals surface area contributed by atoms with Crippen molar-refractivity contribution < 1.29 is 37.3 Å². The summed E-state index contributed by atoms with van der Waals surface area (Å²) in [4.78, 5) is 37.9. The van der Waals surface area contributed by atoms with Gasteiger partial charge in [-0.1, -0.05) is 294 Å². The lowest BCUT2D eigenvalue weighted by Gasteiger charge is -2.27. The molecule has 0 aliphatic heterocycles. The van der Waals surface area contributed by atoms with Crippen LogP contribution in [0.15, 0.2) is 60.8 Å². The largest absolute Gasteiger partial charge is 0.472 e. The maximum Gasteiger partial charge on any atom is 0.472 e. The number of amides is 1. The van der Waals surface area contributed by atoms with E-state index in [2.05, 4.69) is 74.7 Å². The average Bonchev–Trinajstić information content (AvgIpc) is 3.47. The van der Waals surface area contributed by atoms with E-state index >= 15 is 0 Å². The van der Waals surface area contributed by atoms with Crippen molar-refractivity contribution in [1.82, 2.24) is 5.32 Å². The smallest absolute Gasteiger partial charge is 0.456 e. The molecule has 0 saturated heterocycles. The fraction of sp³-hybridized carbons (Fsp3) is 0.836. The number of phosphoric acid groups is 1. The van der Waals surface area contributed by atoms with E-state index in [4.69, 9.17) is 13.8 Å². The van der Waals surface area contributed by atoms with Gasteiger partial charge in [-0.05, 0) is 96.0 Å². The zero-order valence-electron chi connectivity index (χ0n) is 55.7. The third kappa shape index (κ3) is 64.0. The average molecular weight is 1190 g/mol. The van der Waals surface area contributed by atoms with Gasteiger partial charge in [0, 0.05) is 12.8 Å². The van der Waals surface area contributed by atoms with Gasteiger partial charge in [-0.25, -0.2) is 4.57 Å². The van der Waals surface area contributed by atoms with Crippen molar-refractivity contribution in [3.05, 3.63) is 60.8 Å². The van der Waals surface area contributed by atoms with E-state index in [-0.39, 0.29) is 31.5 Å². The maximum absolute atomic E-state index is 13.6. The molecule has 3 unspecified atom stereocenters. The molecule has 3 atom stereocenters. The molecule has 9 nitrogen and oxygen atoms in total. The molecule has 0 aromatic rings. The molecule has 486 valence electrons. The summed E-state index contributed by atoms with van der Waals surface area (Å²) in [6, 6.07) is -0.851. The van der Waals surface area contributed by atoms with E-state index in [9.17, 15) is 19.0 Å². The molecule has 0 fully saturated rings. The van der Waals surface area contributed by atoms with Gasteiger partial charge in [-0.15, -0.1) is 0 Å². The van der Waals surface area contributed by atoms with Gasteiger partial charge in [0.2, 0.25) is 5.91 Å². The highest BCUT2D eigenvalue weighted by Gasteiger charge is 2.30. The fourth-order valence-corrected chi connectivity index (χ4v) is 11.2. The monoisotopic (exact) mass is 1190 g/mol. The summed E-state index contributed by atoms with van der Waals surface area (Å²) in [5, 5.41) is 3.07. The number of likely N-dealkylation sites (N-methyl/N-ethyl adjacent to an activating group) is 1. The number of quaternary nitrogens is 1. The summed E-state index contributed by atoms with van der Waals surface area (Å²) in [7, 11) is 1.50. The van der Waals surface area contributed by atoms with Crippen LogP contribution in [0.3, 0.4) is 0 Å². The Morgan fingerprint density at radius 1 is 0.422 bits per heavy atom. The first kappa shape index (κ1) is 80.7. The summed E-state index contributed by atoms with van der Waals surface area (Å²) >= 11 is 0. The van der Waals surface area contributed by atoms with Gasteiger partial charge in [-0.3, -0.25) is 18.6 Å². The first-order valence-electron chi connectivity index (χ1n) is 35.6. The first-order chi connectivity index (χ1) is 40.4. The Hall–Kier alpha value is -2.29. The van der Waals surface area contributed by atoms with Gasteiger partial charge in [0.05, 0.1) is 33.8 Å². The third-order valence-corrected chi connectivity index (χ3v) is 16.9. The van der Waals surface area contributed by atoms with E-state index in [0.717, 1.165) is 70.6 Å². The van der Waals surface area contributed by atoms with Crippen LogP contribution in [0.2, 0.25) is 0 Å². The lowest BCUT2D eigenvalue weighted by Crippen LogP contribution is -2.47. The molecule has 0 bridgehead atoms. The Balaban J connectivity index is 5.05. The molecule has 83 heavy (non-hydrogen) atoms. The summed E-state index contributed by atoms with van der Waals surface area (Å²) in [5.74, 6) is -0.498. The topological polar surface area (TPSA) is 111 Å². The molecule has 0 saturated carbocycles. The minimum absolute atomic E-state index is 0.0398. The molecule has 10 heteroatoms. The number of nitrogens with one attached hydrogen (secondary N) is 1. The molecule has 0 spiro atoms.